The molecule has 1 N–H and O–H groups in total. The van der Waals surface area contributed by atoms with Crippen molar-refractivity contribution in [1.29, 1.82) is 0 Å². The van der Waals surface area contributed by atoms with Gasteiger partial charge in [-0.3, -0.25) is 0 Å². The highest BCUT2D eigenvalue weighted by Gasteiger charge is 2.08. The number of aromatic nitrogens is 4. The zero-order valence-electron chi connectivity index (χ0n) is 14.0. The monoisotopic (exact) mass is 361 g/mol. The van der Waals surface area contributed by atoms with E-state index in [9.17, 15) is 0 Å². The highest BCUT2D eigenvalue weighted by Crippen LogP contribution is 2.26. The Morgan fingerprint density at radius 2 is 1.65 bits per heavy atom. The fourth-order valence-corrected chi connectivity index (χ4v) is 2.74. The first-order chi connectivity index (χ1) is 12.8. The molecule has 26 heavy (non-hydrogen) atoms. The smallest absolute Gasteiger partial charge is 0.188 e. The van der Waals surface area contributed by atoms with Gasteiger partial charge in [-0.15, -0.1) is 0 Å². The van der Waals surface area contributed by atoms with E-state index < -0.39 is 0 Å². The molecule has 0 bridgehead atoms. The molecule has 0 aliphatic rings. The van der Waals surface area contributed by atoms with E-state index in [2.05, 4.69) is 25.3 Å². The number of para-hydroxylation sites is 1. The minimum Gasteiger partial charge on any atom is -0.457 e. The second-order valence-electron chi connectivity index (χ2n) is 5.38. The number of fused-ring (bicyclic) bond motifs is 1. The lowest BCUT2D eigenvalue weighted by Gasteiger charge is -2.09. The molecule has 2 heterocycles. The Kier molecular flexibility index (Phi) is 4.61. The lowest BCUT2D eigenvalue weighted by molar-refractivity contribution is 0.483. The zero-order valence-corrected chi connectivity index (χ0v) is 14.8. The van der Waals surface area contributed by atoms with Crippen LogP contribution in [0.2, 0.25) is 0 Å². The number of benzene rings is 2. The van der Waals surface area contributed by atoms with E-state index in [4.69, 9.17) is 4.74 Å². The summed E-state index contributed by atoms with van der Waals surface area (Å²) in [7, 11) is 0. The first kappa shape index (κ1) is 16.3. The van der Waals surface area contributed by atoms with Crippen LogP contribution in [-0.2, 0) is 0 Å². The van der Waals surface area contributed by atoms with Crippen molar-refractivity contribution >= 4 is 34.3 Å². The fourth-order valence-electron chi connectivity index (χ4n) is 2.40. The lowest BCUT2D eigenvalue weighted by atomic mass is 10.3. The molecule has 2 aromatic carbocycles. The summed E-state index contributed by atoms with van der Waals surface area (Å²) < 4.78 is 5.81. The summed E-state index contributed by atoms with van der Waals surface area (Å²) in [5.74, 6) is 2.21. The van der Waals surface area contributed by atoms with E-state index in [0.717, 1.165) is 17.2 Å². The van der Waals surface area contributed by atoms with Crippen LogP contribution in [0.5, 0.6) is 11.5 Å². The molecule has 7 heteroatoms. The second-order valence-corrected chi connectivity index (χ2v) is 6.15. The van der Waals surface area contributed by atoms with Gasteiger partial charge in [0.1, 0.15) is 28.9 Å². The van der Waals surface area contributed by atoms with Gasteiger partial charge in [0.15, 0.2) is 11.0 Å². The number of thioether (sulfide) groups is 1. The molecule has 2 aromatic heterocycles. The third kappa shape index (κ3) is 3.57. The van der Waals surface area contributed by atoms with Crippen molar-refractivity contribution in [2.24, 2.45) is 0 Å². The fraction of sp³-hybridized carbons (Fsp3) is 0.0526. The summed E-state index contributed by atoms with van der Waals surface area (Å²) in [6.07, 6.45) is 5.14. The van der Waals surface area contributed by atoms with Gasteiger partial charge in [-0.1, -0.05) is 30.0 Å². The van der Waals surface area contributed by atoms with Crippen LogP contribution in [0, 0.1) is 0 Å². The molecule has 128 valence electrons. The minimum atomic E-state index is 0.643. The Hall–Kier alpha value is -3.19. The lowest BCUT2D eigenvalue weighted by Crippen LogP contribution is -1.99. The van der Waals surface area contributed by atoms with Crippen molar-refractivity contribution in [1.82, 2.24) is 19.9 Å². The highest BCUT2D eigenvalue weighted by molar-refractivity contribution is 7.98. The van der Waals surface area contributed by atoms with Crippen molar-refractivity contribution in [3.05, 3.63) is 67.1 Å². The summed E-state index contributed by atoms with van der Waals surface area (Å²) in [5, 5.41) is 3.97. The van der Waals surface area contributed by atoms with Crippen LogP contribution >= 0.6 is 11.8 Å². The van der Waals surface area contributed by atoms with Crippen LogP contribution in [0.15, 0.2) is 72.3 Å². The average molecular weight is 361 g/mol. The van der Waals surface area contributed by atoms with Gasteiger partial charge >= 0.3 is 0 Å². The molecular weight excluding hydrogens is 346 g/mol. The van der Waals surface area contributed by atoms with Crippen molar-refractivity contribution in [2.75, 3.05) is 11.6 Å². The van der Waals surface area contributed by atoms with Gasteiger partial charge in [0.05, 0.1) is 6.20 Å². The maximum atomic E-state index is 5.81. The van der Waals surface area contributed by atoms with Gasteiger partial charge in [0.25, 0.3) is 0 Å². The van der Waals surface area contributed by atoms with Crippen molar-refractivity contribution in [2.45, 2.75) is 5.16 Å². The van der Waals surface area contributed by atoms with Crippen molar-refractivity contribution in [3.8, 4) is 11.5 Å². The molecule has 0 aliphatic carbocycles. The van der Waals surface area contributed by atoms with E-state index in [1.165, 1.54) is 18.1 Å². The number of rotatable bonds is 5. The largest absolute Gasteiger partial charge is 0.457 e. The van der Waals surface area contributed by atoms with E-state index in [-0.39, 0.29) is 0 Å². The van der Waals surface area contributed by atoms with Crippen LogP contribution in [0.1, 0.15) is 0 Å². The molecule has 0 unspecified atom stereocenters. The SMILES string of the molecule is CSc1ncc2ncnc(Nc3ccc(Oc4ccccc4)cc3)c2n1. The Bertz CT molecular complexity index is 1020. The van der Waals surface area contributed by atoms with Crippen molar-refractivity contribution in [3.63, 3.8) is 0 Å². The summed E-state index contributed by atoms with van der Waals surface area (Å²) in [6.45, 7) is 0. The van der Waals surface area contributed by atoms with E-state index in [0.29, 0.717) is 22.0 Å². The van der Waals surface area contributed by atoms with Gasteiger partial charge < -0.3 is 10.1 Å². The first-order valence-corrected chi connectivity index (χ1v) is 9.16. The average Bonchev–Trinajstić information content (AvgIpc) is 2.70. The van der Waals surface area contributed by atoms with Crippen molar-refractivity contribution < 1.29 is 4.74 Å². The third-order valence-corrected chi connectivity index (χ3v) is 4.20. The normalized spacial score (nSPS) is 10.7. The molecule has 0 radical (unpaired) electrons. The summed E-state index contributed by atoms with van der Waals surface area (Å²) in [4.78, 5) is 17.3. The van der Waals surface area contributed by atoms with Crippen LogP contribution in [0.3, 0.4) is 0 Å². The molecule has 4 rings (SSSR count). The van der Waals surface area contributed by atoms with Crippen LogP contribution in [-0.4, -0.2) is 26.2 Å². The molecule has 4 aromatic rings. The number of ether oxygens (including phenoxy) is 1. The topological polar surface area (TPSA) is 72.8 Å². The van der Waals surface area contributed by atoms with Gasteiger partial charge in [-0.2, -0.15) is 0 Å². The zero-order chi connectivity index (χ0) is 17.8. The summed E-state index contributed by atoms with van der Waals surface area (Å²) in [6, 6.07) is 17.3. The molecule has 6 nitrogen and oxygen atoms in total. The van der Waals surface area contributed by atoms with Gasteiger partial charge in [0.2, 0.25) is 0 Å². The van der Waals surface area contributed by atoms with Crippen LogP contribution in [0.25, 0.3) is 11.0 Å². The number of anilines is 2. The summed E-state index contributed by atoms with van der Waals surface area (Å²) >= 11 is 1.48. The Morgan fingerprint density at radius 3 is 2.42 bits per heavy atom. The maximum absolute atomic E-state index is 5.81. The molecule has 0 amide bonds. The quantitative estimate of drug-likeness (QED) is 0.409. The summed E-state index contributed by atoms with van der Waals surface area (Å²) in [5.41, 5.74) is 2.27. The minimum absolute atomic E-state index is 0.643. The Balaban J connectivity index is 1.57. The van der Waals surface area contributed by atoms with Crippen LogP contribution < -0.4 is 10.1 Å². The number of hydrogen-bond acceptors (Lipinski definition) is 7. The standard InChI is InChI=1S/C19H15N5OS/c1-26-19-20-11-16-17(24-19)18(22-12-21-16)23-13-7-9-15(10-8-13)25-14-5-3-2-4-6-14/h2-12H,1H3,(H,21,22,23). The van der Waals surface area contributed by atoms with E-state index in [1.807, 2.05) is 60.9 Å². The predicted molar refractivity (Wildman–Crippen MR) is 103 cm³/mol. The maximum Gasteiger partial charge on any atom is 0.188 e. The molecule has 0 fully saturated rings. The third-order valence-electron chi connectivity index (χ3n) is 3.63. The van der Waals surface area contributed by atoms with E-state index >= 15 is 0 Å². The molecule has 0 saturated heterocycles. The number of hydrogen-bond donors (Lipinski definition) is 1. The molecule has 0 saturated carbocycles. The van der Waals surface area contributed by atoms with Gasteiger partial charge in [-0.05, 0) is 42.7 Å². The molecule has 0 atom stereocenters. The first-order valence-electron chi connectivity index (χ1n) is 7.93. The number of nitrogens with zero attached hydrogens (tertiary/aromatic N) is 4. The van der Waals surface area contributed by atoms with E-state index in [1.54, 1.807) is 6.20 Å². The molecule has 0 spiro atoms. The Morgan fingerprint density at radius 1 is 0.885 bits per heavy atom. The molecule has 0 aliphatic heterocycles. The van der Waals surface area contributed by atoms with Gasteiger partial charge in [-0.25, -0.2) is 19.9 Å². The molecular formula is C19H15N5OS. The number of nitrogens with one attached hydrogen (secondary N) is 1. The van der Waals surface area contributed by atoms with Crippen LogP contribution in [0.4, 0.5) is 11.5 Å². The predicted octanol–water partition coefficient (Wildman–Crippen LogP) is 4.68. The van der Waals surface area contributed by atoms with Gasteiger partial charge in [0, 0.05) is 5.69 Å². The second kappa shape index (κ2) is 7.37. The highest BCUT2D eigenvalue weighted by atomic mass is 32.2. The Labute approximate surface area is 154 Å².